The zero-order valence-corrected chi connectivity index (χ0v) is 21.8. The molecule has 0 radical (unpaired) electrons. The normalized spacial score (nSPS) is 20.4. The van der Waals surface area contributed by atoms with Crippen molar-refractivity contribution in [2.24, 2.45) is 11.1 Å². The molecule has 39 heavy (non-hydrogen) atoms. The summed E-state index contributed by atoms with van der Waals surface area (Å²) < 4.78 is 21.7. The number of ether oxygens (including phenoxy) is 1. The van der Waals surface area contributed by atoms with Crippen molar-refractivity contribution in [3.63, 3.8) is 0 Å². The Bertz CT molecular complexity index is 1460. The monoisotopic (exact) mass is 531 g/mol. The molecule has 3 aliphatic rings. The smallest absolute Gasteiger partial charge is 0.316 e. The molecule has 2 aromatic rings. The van der Waals surface area contributed by atoms with Gasteiger partial charge in [-0.15, -0.1) is 0 Å². The summed E-state index contributed by atoms with van der Waals surface area (Å²) in [5, 5.41) is 14.0. The topological polar surface area (TPSA) is 122 Å². The van der Waals surface area contributed by atoms with Gasteiger partial charge in [0, 0.05) is 35.7 Å². The maximum absolute atomic E-state index is 15.9. The number of allylic oxidation sites excluding steroid dienone is 3. The van der Waals surface area contributed by atoms with Crippen LogP contribution in [0.3, 0.4) is 0 Å². The molecule has 0 spiro atoms. The van der Waals surface area contributed by atoms with Crippen molar-refractivity contribution in [2.45, 2.75) is 52.2 Å². The minimum absolute atomic E-state index is 0.00577. The third-order valence-corrected chi connectivity index (χ3v) is 7.19. The Labute approximate surface area is 225 Å². The van der Waals surface area contributed by atoms with Gasteiger partial charge in [-0.05, 0) is 36.0 Å². The van der Waals surface area contributed by atoms with Crippen LogP contribution in [0.4, 0.5) is 4.39 Å². The summed E-state index contributed by atoms with van der Waals surface area (Å²) in [4.78, 5) is 40.3. The number of primary amides is 1. The fourth-order valence-corrected chi connectivity index (χ4v) is 5.46. The molecule has 0 fully saturated rings. The van der Waals surface area contributed by atoms with E-state index in [0.717, 1.165) is 10.5 Å². The Morgan fingerprint density at radius 3 is 2.62 bits per heavy atom. The predicted molar refractivity (Wildman–Crippen MR) is 141 cm³/mol. The molecule has 202 valence electrons. The number of nitrogens with two attached hydrogens (primary N) is 1. The highest BCUT2D eigenvalue weighted by Crippen LogP contribution is 2.47. The van der Waals surface area contributed by atoms with E-state index >= 15 is 4.39 Å². The second kappa shape index (κ2) is 10.1. The van der Waals surface area contributed by atoms with Gasteiger partial charge in [0.15, 0.2) is 5.78 Å². The highest BCUT2D eigenvalue weighted by Gasteiger charge is 2.46. The molecule has 4 N–H and O–H groups in total. The van der Waals surface area contributed by atoms with Gasteiger partial charge < -0.3 is 20.9 Å². The number of aliphatic hydroxyl groups is 1. The zero-order valence-electron chi connectivity index (χ0n) is 21.8. The molecule has 2 aliphatic carbocycles. The van der Waals surface area contributed by atoms with Crippen molar-refractivity contribution in [1.82, 2.24) is 10.2 Å². The number of ketones is 1. The minimum atomic E-state index is -1.28. The van der Waals surface area contributed by atoms with Gasteiger partial charge in [0.05, 0.1) is 11.7 Å². The Morgan fingerprint density at radius 2 is 1.92 bits per heavy atom. The molecule has 0 aromatic heterocycles. The van der Waals surface area contributed by atoms with Crippen molar-refractivity contribution in [2.75, 3.05) is 0 Å². The van der Waals surface area contributed by atoms with Crippen molar-refractivity contribution in [3.05, 3.63) is 100.0 Å². The van der Waals surface area contributed by atoms with E-state index in [2.05, 4.69) is 5.32 Å². The van der Waals surface area contributed by atoms with E-state index in [1.807, 2.05) is 44.2 Å². The summed E-state index contributed by atoms with van der Waals surface area (Å²) in [6.45, 7) is 4.10. The summed E-state index contributed by atoms with van der Waals surface area (Å²) in [6.07, 6.45) is 2.93. The molecule has 1 unspecified atom stereocenters. The van der Waals surface area contributed by atoms with Crippen LogP contribution in [0.25, 0.3) is 0 Å². The van der Waals surface area contributed by atoms with E-state index in [1.54, 1.807) is 12.1 Å². The summed E-state index contributed by atoms with van der Waals surface area (Å²) in [5.74, 6) is -3.14. The lowest BCUT2D eigenvalue weighted by Crippen LogP contribution is -2.44. The first-order chi connectivity index (χ1) is 18.6. The standard InChI is InChI=1S/C30H30FN3O5/c1-30(2)14-21-25(24(36)15-30)27(34(29(38)28(32)37)22-9-6-10-23(35)26(22)33-21)19-12-11-18(13-20(19)31)39-16-17-7-4-3-5-8-17/h3-5,7-9,11-13,27,33,35H,6,10,14-16H2,1-2H3,(H2,32,37). The second-order valence-corrected chi connectivity index (χ2v) is 10.8. The van der Waals surface area contributed by atoms with Crippen LogP contribution >= 0.6 is 0 Å². The van der Waals surface area contributed by atoms with Crippen LogP contribution in [0.15, 0.2) is 83.0 Å². The molecule has 9 heteroatoms. The maximum Gasteiger partial charge on any atom is 0.316 e. The maximum atomic E-state index is 15.9. The number of amides is 2. The van der Waals surface area contributed by atoms with Gasteiger partial charge in [0.25, 0.3) is 0 Å². The molecule has 0 saturated heterocycles. The molecule has 2 amide bonds. The number of fused-ring (bicyclic) bond motifs is 1. The number of benzene rings is 2. The van der Waals surface area contributed by atoms with E-state index in [-0.39, 0.29) is 52.9 Å². The third kappa shape index (κ3) is 5.04. The number of carbonyl (C=O) groups excluding carboxylic acids is 3. The van der Waals surface area contributed by atoms with E-state index in [9.17, 15) is 19.5 Å². The van der Waals surface area contributed by atoms with Crippen LogP contribution in [-0.2, 0) is 21.0 Å². The summed E-state index contributed by atoms with van der Waals surface area (Å²) >= 11 is 0. The van der Waals surface area contributed by atoms with E-state index in [1.165, 1.54) is 12.1 Å². The van der Waals surface area contributed by atoms with Gasteiger partial charge in [-0.2, -0.15) is 0 Å². The largest absolute Gasteiger partial charge is 0.510 e. The number of carbonyl (C=O) groups is 3. The van der Waals surface area contributed by atoms with Crippen LogP contribution in [0, 0.1) is 11.2 Å². The van der Waals surface area contributed by atoms with Gasteiger partial charge in [0.2, 0.25) is 0 Å². The Morgan fingerprint density at radius 1 is 1.18 bits per heavy atom. The quantitative estimate of drug-likeness (QED) is 0.501. The molecule has 1 atom stereocenters. The number of halogens is 1. The van der Waals surface area contributed by atoms with Crippen LogP contribution in [0.1, 0.15) is 56.7 Å². The minimum Gasteiger partial charge on any atom is -0.510 e. The van der Waals surface area contributed by atoms with E-state index < -0.39 is 29.1 Å². The molecular formula is C30H30FN3O5. The lowest BCUT2D eigenvalue weighted by atomic mass is 9.73. The number of hydrogen-bond donors (Lipinski definition) is 3. The van der Waals surface area contributed by atoms with Crippen LogP contribution in [0.5, 0.6) is 5.75 Å². The Kier molecular flexibility index (Phi) is 6.76. The summed E-state index contributed by atoms with van der Waals surface area (Å²) in [5.41, 5.74) is 6.96. The fourth-order valence-electron chi connectivity index (χ4n) is 5.46. The average molecular weight is 532 g/mol. The van der Waals surface area contributed by atoms with Crippen LogP contribution < -0.4 is 15.8 Å². The summed E-state index contributed by atoms with van der Waals surface area (Å²) in [6, 6.07) is 12.3. The number of hydrogen-bond acceptors (Lipinski definition) is 6. The SMILES string of the molecule is CC1(C)CC(=O)C2=C(C1)NC1=C(O)CCC=C1N(C(=O)C(N)=O)C2c1ccc(OCc2ccccc2)cc1F. The predicted octanol–water partition coefficient (Wildman–Crippen LogP) is 4.45. The Hall–Kier alpha value is -4.40. The number of nitrogens with zero attached hydrogens (tertiary/aromatic N) is 1. The first-order valence-corrected chi connectivity index (χ1v) is 12.8. The van der Waals surface area contributed by atoms with Gasteiger partial charge in [-0.25, -0.2) is 4.39 Å². The molecule has 0 bridgehead atoms. The van der Waals surface area contributed by atoms with Crippen LogP contribution in [0.2, 0.25) is 0 Å². The number of rotatable bonds is 4. The lowest BCUT2D eigenvalue weighted by Gasteiger charge is -2.36. The number of Topliss-reactive ketones (excluding diaryl/α,β-unsaturated/α-hetero) is 1. The van der Waals surface area contributed by atoms with Crippen LogP contribution in [-0.4, -0.2) is 27.6 Å². The Balaban J connectivity index is 1.65. The molecule has 8 nitrogen and oxygen atoms in total. The van der Waals surface area contributed by atoms with Gasteiger partial charge in [-0.1, -0.05) is 50.3 Å². The lowest BCUT2D eigenvalue weighted by molar-refractivity contribution is -0.144. The van der Waals surface area contributed by atoms with Crippen molar-refractivity contribution in [1.29, 1.82) is 0 Å². The second-order valence-electron chi connectivity index (χ2n) is 10.8. The van der Waals surface area contributed by atoms with E-state index in [0.29, 0.717) is 25.0 Å². The van der Waals surface area contributed by atoms with Crippen molar-refractivity contribution >= 4 is 17.6 Å². The average Bonchev–Trinajstić information content (AvgIpc) is 3.02. The van der Waals surface area contributed by atoms with Crippen molar-refractivity contribution in [3.8, 4) is 5.75 Å². The highest BCUT2D eigenvalue weighted by molar-refractivity contribution is 6.35. The first-order valence-electron chi connectivity index (χ1n) is 12.8. The zero-order chi connectivity index (χ0) is 27.9. The van der Waals surface area contributed by atoms with Gasteiger partial charge in [0.1, 0.15) is 29.6 Å². The molecular weight excluding hydrogens is 501 g/mol. The highest BCUT2D eigenvalue weighted by atomic mass is 19.1. The van der Waals surface area contributed by atoms with Crippen molar-refractivity contribution < 1.29 is 28.6 Å². The molecule has 2 aromatic carbocycles. The first kappa shape index (κ1) is 26.2. The van der Waals surface area contributed by atoms with E-state index in [4.69, 9.17) is 10.5 Å². The molecule has 0 saturated carbocycles. The molecule has 1 aliphatic heterocycles. The number of nitrogens with one attached hydrogen (secondary N) is 1. The third-order valence-electron chi connectivity index (χ3n) is 7.19. The summed E-state index contributed by atoms with van der Waals surface area (Å²) in [7, 11) is 0. The fraction of sp³-hybridized carbons (Fsp3) is 0.300. The van der Waals surface area contributed by atoms with Gasteiger partial charge in [-0.3, -0.25) is 19.3 Å². The molecule has 5 rings (SSSR count). The molecule has 1 heterocycles. The number of aliphatic hydroxyl groups excluding tert-OH is 1. The van der Waals surface area contributed by atoms with Gasteiger partial charge >= 0.3 is 11.8 Å².